The van der Waals surface area contributed by atoms with Crippen molar-refractivity contribution in [3.63, 3.8) is 0 Å². The zero-order valence-corrected chi connectivity index (χ0v) is 14.9. The lowest BCUT2D eigenvalue weighted by Gasteiger charge is -2.20. The first-order valence-corrected chi connectivity index (χ1v) is 8.83. The van der Waals surface area contributed by atoms with Crippen molar-refractivity contribution in [1.82, 2.24) is 5.32 Å². The molecule has 2 aromatic carbocycles. The third kappa shape index (κ3) is 6.21. The zero-order chi connectivity index (χ0) is 17.2. The van der Waals surface area contributed by atoms with E-state index in [0.29, 0.717) is 12.6 Å². The zero-order valence-electron chi connectivity index (χ0n) is 14.9. The largest absolute Gasteiger partial charge is 0.489 e. The quantitative estimate of drug-likeness (QED) is 0.569. The fourth-order valence-electron chi connectivity index (χ4n) is 2.66. The van der Waals surface area contributed by atoms with E-state index < -0.39 is 0 Å². The van der Waals surface area contributed by atoms with Gasteiger partial charge in [0.05, 0.1) is 0 Å². The van der Waals surface area contributed by atoms with Gasteiger partial charge in [-0.1, -0.05) is 55.0 Å². The summed E-state index contributed by atoms with van der Waals surface area (Å²) >= 11 is 0. The van der Waals surface area contributed by atoms with Gasteiger partial charge in [0, 0.05) is 6.04 Å². The standard InChI is InChI=1S/C22H29NO/c1-4-15-23-22(14-13-18(2)3)20-11-8-12-21(16-20)24-17-19-9-6-5-7-10-19/h5-12,16,22-23H,2,4,13-15,17H2,1,3H3. The molecule has 1 N–H and O–H groups in total. The van der Waals surface area contributed by atoms with Gasteiger partial charge in [-0.15, -0.1) is 6.58 Å². The smallest absolute Gasteiger partial charge is 0.120 e. The second kappa shape index (κ2) is 9.94. The van der Waals surface area contributed by atoms with Gasteiger partial charge < -0.3 is 10.1 Å². The molecule has 2 aromatic rings. The molecule has 0 aliphatic heterocycles. The van der Waals surface area contributed by atoms with E-state index in [-0.39, 0.29) is 0 Å². The van der Waals surface area contributed by atoms with Gasteiger partial charge in [-0.25, -0.2) is 0 Å². The summed E-state index contributed by atoms with van der Waals surface area (Å²) in [4.78, 5) is 0. The number of benzene rings is 2. The van der Waals surface area contributed by atoms with E-state index in [0.717, 1.165) is 31.6 Å². The molecule has 0 bridgehead atoms. The Bertz CT molecular complexity index is 621. The summed E-state index contributed by atoms with van der Waals surface area (Å²) in [5.74, 6) is 0.926. The maximum atomic E-state index is 5.97. The van der Waals surface area contributed by atoms with Crippen LogP contribution in [0.4, 0.5) is 0 Å². The van der Waals surface area contributed by atoms with Crippen molar-refractivity contribution in [3.05, 3.63) is 77.9 Å². The average Bonchev–Trinajstić information content (AvgIpc) is 2.61. The molecule has 0 amide bonds. The van der Waals surface area contributed by atoms with Crippen LogP contribution in [0.25, 0.3) is 0 Å². The topological polar surface area (TPSA) is 21.3 Å². The first-order chi connectivity index (χ1) is 11.7. The normalized spacial score (nSPS) is 11.9. The van der Waals surface area contributed by atoms with Crippen molar-refractivity contribution in [2.45, 2.75) is 45.8 Å². The minimum absolute atomic E-state index is 0.349. The molecule has 2 heteroatoms. The van der Waals surface area contributed by atoms with Gasteiger partial charge in [-0.05, 0) is 56.0 Å². The molecular formula is C22H29NO. The van der Waals surface area contributed by atoms with E-state index in [1.807, 2.05) is 24.3 Å². The van der Waals surface area contributed by atoms with Crippen molar-refractivity contribution in [2.24, 2.45) is 0 Å². The molecule has 0 spiro atoms. The third-order valence-electron chi connectivity index (χ3n) is 4.01. The van der Waals surface area contributed by atoms with Crippen molar-refractivity contribution in [3.8, 4) is 5.75 Å². The Kier molecular flexibility index (Phi) is 7.57. The van der Waals surface area contributed by atoms with E-state index in [4.69, 9.17) is 4.74 Å². The fourth-order valence-corrected chi connectivity index (χ4v) is 2.66. The van der Waals surface area contributed by atoms with E-state index in [1.165, 1.54) is 16.7 Å². The molecule has 0 heterocycles. The molecule has 0 radical (unpaired) electrons. The summed E-state index contributed by atoms with van der Waals surface area (Å²) in [6, 6.07) is 19.1. The van der Waals surface area contributed by atoms with Gasteiger partial charge in [-0.3, -0.25) is 0 Å². The second-order valence-corrected chi connectivity index (χ2v) is 6.35. The Morgan fingerprint density at radius 3 is 2.62 bits per heavy atom. The lowest BCUT2D eigenvalue weighted by Crippen LogP contribution is -2.22. The minimum atomic E-state index is 0.349. The SMILES string of the molecule is C=C(C)CCC(NCCC)c1cccc(OCc2ccccc2)c1. The van der Waals surface area contributed by atoms with Gasteiger partial charge in [0.1, 0.15) is 12.4 Å². The van der Waals surface area contributed by atoms with Crippen molar-refractivity contribution in [2.75, 3.05) is 6.54 Å². The molecule has 0 fully saturated rings. The summed E-state index contributed by atoms with van der Waals surface area (Å²) in [7, 11) is 0. The summed E-state index contributed by atoms with van der Waals surface area (Å²) in [5, 5.41) is 3.65. The molecule has 24 heavy (non-hydrogen) atoms. The van der Waals surface area contributed by atoms with Crippen LogP contribution in [-0.2, 0) is 6.61 Å². The van der Waals surface area contributed by atoms with Crippen molar-refractivity contribution < 1.29 is 4.74 Å². The number of allylic oxidation sites excluding steroid dienone is 1. The number of hydrogen-bond acceptors (Lipinski definition) is 2. The maximum Gasteiger partial charge on any atom is 0.120 e. The van der Waals surface area contributed by atoms with Gasteiger partial charge >= 0.3 is 0 Å². The van der Waals surface area contributed by atoms with Gasteiger partial charge in [0.2, 0.25) is 0 Å². The van der Waals surface area contributed by atoms with E-state index in [2.05, 4.69) is 56.1 Å². The number of nitrogens with one attached hydrogen (secondary N) is 1. The Hall–Kier alpha value is -2.06. The van der Waals surface area contributed by atoms with Crippen LogP contribution in [0.1, 0.15) is 50.3 Å². The highest BCUT2D eigenvalue weighted by Crippen LogP contribution is 2.24. The third-order valence-corrected chi connectivity index (χ3v) is 4.01. The molecule has 2 nitrogen and oxygen atoms in total. The number of ether oxygens (including phenoxy) is 1. The van der Waals surface area contributed by atoms with E-state index in [9.17, 15) is 0 Å². The van der Waals surface area contributed by atoms with Crippen LogP contribution in [0.15, 0.2) is 66.7 Å². The molecule has 128 valence electrons. The number of rotatable bonds is 10. The first kappa shape index (κ1) is 18.3. The highest BCUT2D eigenvalue weighted by Gasteiger charge is 2.11. The van der Waals surface area contributed by atoms with Crippen LogP contribution in [0.5, 0.6) is 5.75 Å². The lowest BCUT2D eigenvalue weighted by atomic mass is 9.99. The van der Waals surface area contributed by atoms with Crippen LogP contribution in [0.3, 0.4) is 0 Å². The van der Waals surface area contributed by atoms with Crippen LogP contribution in [0.2, 0.25) is 0 Å². The van der Waals surface area contributed by atoms with Crippen LogP contribution >= 0.6 is 0 Å². The maximum absolute atomic E-state index is 5.97. The van der Waals surface area contributed by atoms with E-state index >= 15 is 0 Å². The highest BCUT2D eigenvalue weighted by molar-refractivity contribution is 5.31. The molecule has 0 aliphatic carbocycles. The first-order valence-electron chi connectivity index (χ1n) is 8.83. The van der Waals surface area contributed by atoms with Gasteiger partial charge in [0.15, 0.2) is 0 Å². The fraction of sp³-hybridized carbons (Fsp3) is 0.364. The Balaban J connectivity index is 2.03. The molecule has 0 aliphatic rings. The highest BCUT2D eigenvalue weighted by atomic mass is 16.5. The summed E-state index contributed by atoms with van der Waals surface area (Å²) in [6.07, 6.45) is 3.24. The molecule has 0 saturated heterocycles. The molecular weight excluding hydrogens is 294 g/mol. The van der Waals surface area contributed by atoms with Crippen LogP contribution < -0.4 is 10.1 Å². The number of hydrogen-bond donors (Lipinski definition) is 1. The lowest BCUT2D eigenvalue weighted by molar-refractivity contribution is 0.305. The predicted octanol–water partition coefficient (Wildman–Crippen LogP) is 5.66. The Labute approximate surface area is 146 Å². The molecule has 1 unspecified atom stereocenters. The second-order valence-electron chi connectivity index (χ2n) is 6.35. The summed E-state index contributed by atoms with van der Waals surface area (Å²) < 4.78 is 5.97. The monoisotopic (exact) mass is 323 g/mol. The van der Waals surface area contributed by atoms with Gasteiger partial charge in [0.25, 0.3) is 0 Å². The molecule has 0 aromatic heterocycles. The van der Waals surface area contributed by atoms with E-state index in [1.54, 1.807) is 0 Å². The molecule has 1 atom stereocenters. The van der Waals surface area contributed by atoms with Crippen molar-refractivity contribution in [1.29, 1.82) is 0 Å². The summed E-state index contributed by atoms with van der Waals surface area (Å²) in [6.45, 7) is 9.94. The van der Waals surface area contributed by atoms with Gasteiger partial charge in [-0.2, -0.15) is 0 Å². The molecule has 0 saturated carbocycles. The van der Waals surface area contributed by atoms with Crippen molar-refractivity contribution >= 4 is 0 Å². The Morgan fingerprint density at radius 1 is 1.12 bits per heavy atom. The summed E-state index contributed by atoms with van der Waals surface area (Å²) in [5.41, 5.74) is 3.70. The average molecular weight is 323 g/mol. The van der Waals surface area contributed by atoms with Crippen LogP contribution in [-0.4, -0.2) is 6.54 Å². The predicted molar refractivity (Wildman–Crippen MR) is 102 cm³/mol. The Morgan fingerprint density at radius 2 is 1.92 bits per heavy atom. The van der Waals surface area contributed by atoms with Crippen LogP contribution in [0, 0.1) is 0 Å². The molecule has 2 rings (SSSR count). The minimum Gasteiger partial charge on any atom is -0.489 e.